The standard InChI is InChI=1S/C11H12ClNO4S2/c1-18(14,15)13(10-4-2-9(12)3-5-10)11-6-7-19(16,17)8-11/h2-7,11H,8H2,1H3. The maximum absolute atomic E-state index is 11.9. The van der Waals surface area contributed by atoms with Crippen LogP contribution in [-0.4, -0.2) is 34.9 Å². The van der Waals surface area contributed by atoms with E-state index in [1.54, 1.807) is 24.3 Å². The van der Waals surface area contributed by atoms with Crippen molar-refractivity contribution in [1.29, 1.82) is 0 Å². The Morgan fingerprint density at radius 2 is 1.84 bits per heavy atom. The van der Waals surface area contributed by atoms with Gasteiger partial charge in [-0.3, -0.25) is 4.31 Å². The van der Waals surface area contributed by atoms with E-state index < -0.39 is 25.9 Å². The summed E-state index contributed by atoms with van der Waals surface area (Å²) >= 11 is 5.76. The summed E-state index contributed by atoms with van der Waals surface area (Å²) in [5.74, 6) is -0.247. The van der Waals surface area contributed by atoms with Gasteiger partial charge in [0.25, 0.3) is 0 Å². The molecule has 0 aliphatic carbocycles. The lowest BCUT2D eigenvalue weighted by molar-refractivity contribution is 0.591. The first-order valence-corrected chi connectivity index (χ1v) is 9.29. The van der Waals surface area contributed by atoms with Crippen LogP contribution in [0, 0.1) is 0 Å². The summed E-state index contributed by atoms with van der Waals surface area (Å²) < 4.78 is 47.7. The Bertz CT molecular complexity index is 708. The molecule has 1 atom stereocenters. The monoisotopic (exact) mass is 321 g/mol. The molecule has 0 radical (unpaired) electrons. The van der Waals surface area contributed by atoms with E-state index in [1.165, 1.54) is 6.08 Å². The Hall–Kier alpha value is -1.05. The van der Waals surface area contributed by atoms with Crippen LogP contribution in [0.3, 0.4) is 0 Å². The minimum absolute atomic E-state index is 0.247. The van der Waals surface area contributed by atoms with E-state index in [2.05, 4.69) is 0 Å². The van der Waals surface area contributed by atoms with E-state index >= 15 is 0 Å². The summed E-state index contributed by atoms with van der Waals surface area (Å²) in [7, 11) is -6.92. The number of halogens is 1. The molecule has 19 heavy (non-hydrogen) atoms. The summed E-state index contributed by atoms with van der Waals surface area (Å²) in [6, 6.07) is 5.48. The molecular weight excluding hydrogens is 310 g/mol. The van der Waals surface area contributed by atoms with Gasteiger partial charge < -0.3 is 0 Å². The number of sulfone groups is 1. The molecule has 5 nitrogen and oxygen atoms in total. The number of benzene rings is 1. The maximum Gasteiger partial charge on any atom is 0.232 e. The largest absolute Gasteiger partial charge is 0.263 e. The van der Waals surface area contributed by atoms with Crippen molar-refractivity contribution in [2.24, 2.45) is 0 Å². The molecule has 1 aromatic carbocycles. The predicted octanol–water partition coefficient (Wildman–Crippen LogP) is 1.42. The molecule has 0 fully saturated rings. The average Bonchev–Trinajstić information content (AvgIpc) is 2.60. The normalized spacial score (nSPS) is 21.5. The molecule has 0 spiro atoms. The Balaban J connectivity index is 2.45. The molecule has 104 valence electrons. The minimum Gasteiger partial charge on any atom is -0.263 e. The highest BCUT2D eigenvalue weighted by Crippen LogP contribution is 2.26. The molecule has 8 heteroatoms. The zero-order valence-corrected chi connectivity index (χ0v) is 12.4. The third-order valence-corrected chi connectivity index (χ3v) is 5.48. The van der Waals surface area contributed by atoms with Crippen molar-refractivity contribution in [2.45, 2.75) is 6.04 Å². The van der Waals surface area contributed by atoms with Crippen LogP contribution in [0.25, 0.3) is 0 Å². The first-order valence-electron chi connectivity index (χ1n) is 5.35. The van der Waals surface area contributed by atoms with Crippen LogP contribution in [0.2, 0.25) is 5.02 Å². The number of sulfonamides is 1. The molecule has 1 aromatic rings. The molecule has 0 amide bonds. The highest BCUT2D eigenvalue weighted by atomic mass is 35.5. The molecule has 1 aliphatic rings. The highest BCUT2D eigenvalue weighted by Gasteiger charge is 2.32. The van der Waals surface area contributed by atoms with Gasteiger partial charge in [-0.1, -0.05) is 11.6 Å². The molecule has 0 saturated carbocycles. The van der Waals surface area contributed by atoms with Gasteiger partial charge in [-0.05, 0) is 30.3 Å². The first-order chi connectivity index (χ1) is 8.69. The van der Waals surface area contributed by atoms with Crippen LogP contribution in [0.5, 0.6) is 0 Å². The Kier molecular flexibility index (Phi) is 3.63. The van der Waals surface area contributed by atoms with Crippen LogP contribution in [0.4, 0.5) is 5.69 Å². The molecule has 0 bridgehead atoms. The van der Waals surface area contributed by atoms with E-state index in [0.717, 1.165) is 16.0 Å². The summed E-state index contributed by atoms with van der Waals surface area (Å²) in [6.45, 7) is 0. The Labute approximate surface area is 117 Å². The van der Waals surface area contributed by atoms with Gasteiger partial charge in [-0.15, -0.1) is 0 Å². The smallest absolute Gasteiger partial charge is 0.232 e. The van der Waals surface area contributed by atoms with E-state index in [4.69, 9.17) is 11.6 Å². The average molecular weight is 322 g/mol. The van der Waals surface area contributed by atoms with Gasteiger partial charge in [0.2, 0.25) is 10.0 Å². The van der Waals surface area contributed by atoms with E-state index in [0.29, 0.717) is 10.7 Å². The van der Waals surface area contributed by atoms with Crippen LogP contribution >= 0.6 is 11.6 Å². The molecule has 0 aromatic heterocycles. The summed E-state index contributed by atoms with van der Waals surface area (Å²) in [4.78, 5) is 0. The van der Waals surface area contributed by atoms with Crippen LogP contribution in [0.15, 0.2) is 35.7 Å². The zero-order valence-electron chi connectivity index (χ0n) is 10.0. The molecule has 1 unspecified atom stereocenters. The molecule has 2 rings (SSSR count). The number of rotatable bonds is 3. The molecular formula is C11H12ClNO4S2. The SMILES string of the molecule is CS(=O)(=O)N(c1ccc(Cl)cc1)C1C=CS(=O)(=O)C1. The van der Waals surface area contributed by atoms with Gasteiger partial charge in [-0.25, -0.2) is 16.8 Å². The minimum atomic E-state index is -3.59. The van der Waals surface area contributed by atoms with E-state index in [1.807, 2.05) is 0 Å². The van der Waals surface area contributed by atoms with Gasteiger partial charge in [0.15, 0.2) is 9.84 Å². The number of anilines is 1. The topological polar surface area (TPSA) is 71.5 Å². The molecule has 1 heterocycles. The van der Waals surface area contributed by atoms with Gasteiger partial charge in [0.1, 0.15) is 0 Å². The van der Waals surface area contributed by atoms with E-state index in [9.17, 15) is 16.8 Å². The Morgan fingerprint density at radius 3 is 2.26 bits per heavy atom. The zero-order chi connectivity index (χ0) is 14.3. The van der Waals surface area contributed by atoms with Crippen LogP contribution < -0.4 is 4.31 Å². The van der Waals surface area contributed by atoms with Crippen molar-refractivity contribution < 1.29 is 16.8 Å². The second-order valence-electron chi connectivity index (χ2n) is 4.26. The molecule has 0 saturated heterocycles. The molecule has 0 N–H and O–H groups in total. The fourth-order valence-corrected chi connectivity index (χ4v) is 4.55. The first kappa shape index (κ1) is 14.4. The van der Waals surface area contributed by atoms with Crippen molar-refractivity contribution >= 4 is 37.1 Å². The summed E-state index contributed by atoms with van der Waals surface area (Å²) in [5.41, 5.74) is 0.388. The van der Waals surface area contributed by atoms with E-state index in [-0.39, 0.29) is 5.75 Å². The van der Waals surface area contributed by atoms with Gasteiger partial charge in [0, 0.05) is 10.4 Å². The lowest BCUT2D eigenvalue weighted by Gasteiger charge is -2.27. The maximum atomic E-state index is 11.9. The van der Waals surface area contributed by atoms with Crippen molar-refractivity contribution in [2.75, 3.05) is 16.3 Å². The second-order valence-corrected chi connectivity index (χ2v) is 8.49. The quantitative estimate of drug-likeness (QED) is 0.844. The number of nitrogens with zero attached hydrogens (tertiary/aromatic N) is 1. The number of hydrogen-bond donors (Lipinski definition) is 0. The highest BCUT2D eigenvalue weighted by molar-refractivity contribution is 7.95. The third-order valence-electron chi connectivity index (χ3n) is 2.65. The Morgan fingerprint density at radius 1 is 1.26 bits per heavy atom. The predicted molar refractivity (Wildman–Crippen MR) is 75.5 cm³/mol. The van der Waals surface area contributed by atoms with Gasteiger partial charge >= 0.3 is 0 Å². The number of hydrogen-bond acceptors (Lipinski definition) is 4. The molecule has 1 aliphatic heterocycles. The van der Waals surface area contributed by atoms with Crippen LogP contribution in [-0.2, 0) is 19.9 Å². The van der Waals surface area contributed by atoms with Crippen molar-refractivity contribution in [3.8, 4) is 0 Å². The van der Waals surface area contributed by atoms with Crippen molar-refractivity contribution in [3.05, 3.63) is 40.8 Å². The fourth-order valence-electron chi connectivity index (χ4n) is 1.92. The summed E-state index contributed by atoms with van der Waals surface area (Å²) in [5, 5.41) is 1.53. The second kappa shape index (κ2) is 4.81. The third kappa shape index (κ3) is 3.29. The van der Waals surface area contributed by atoms with Crippen LogP contribution in [0.1, 0.15) is 0 Å². The van der Waals surface area contributed by atoms with Crippen molar-refractivity contribution in [3.63, 3.8) is 0 Å². The summed E-state index contributed by atoms with van der Waals surface area (Å²) in [6.07, 6.45) is 2.42. The fraction of sp³-hybridized carbons (Fsp3) is 0.273. The lowest BCUT2D eigenvalue weighted by Crippen LogP contribution is -2.40. The lowest BCUT2D eigenvalue weighted by atomic mass is 10.2. The van der Waals surface area contributed by atoms with Crippen molar-refractivity contribution in [1.82, 2.24) is 0 Å². The van der Waals surface area contributed by atoms with Gasteiger partial charge in [0.05, 0.1) is 23.7 Å². The van der Waals surface area contributed by atoms with Gasteiger partial charge in [-0.2, -0.15) is 0 Å².